The number of pyridine rings is 1. The molecule has 0 aliphatic rings. The van der Waals surface area contributed by atoms with Gasteiger partial charge in [-0.3, -0.25) is 9.52 Å². The first-order chi connectivity index (χ1) is 17.3. The number of benzene rings is 3. The zero-order valence-corrected chi connectivity index (χ0v) is 21.4. The van der Waals surface area contributed by atoms with Gasteiger partial charge in [-0.25, -0.2) is 18.4 Å². The standard InChI is InChI=1S/C25H16Cl2N4O3S2/c26-15-5-10-19(21(27)13-15)23-14-20(18-3-1-2-4-22(18)30-23)24(32)29-16-6-8-17(9-7-16)36(33,34)31-25-28-11-12-35-25/h1-14H,(H,28,31)(H,29,32). The van der Waals surface area contributed by atoms with E-state index in [9.17, 15) is 13.2 Å². The highest BCUT2D eigenvalue weighted by Crippen LogP contribution is 2.32. The van der Waals surface area contributed by atoms with E-state index in [0.29, 0.717) is 43.5 Å². The molecule has 1 amide bonds. The van der Waals surface area contributed by atoms with Crippen LogP contribution in [0.4, 0.5) is 10.8 Å². The average molecular weight is 555 g/mol. The van der Waals surface area contributed by atoms with E-state index < -0.39 is 10.0 Å². The molecule has 0 bridgehead atoms. The van der Waals surface area contributed by atoms with Crippen molar-refractivity contribution in [3.8, 4) is 11.3 Å². The van der Waals surface area contributed by atoms with E-state index in [-0.39, 0.29) is 15.9 Å². The summed E-state index contributed by atoms with van der Waals surface area (Å²) in [6.07, 6.45) is 1.51. The molecule has 0 atom stereocenters. The summed E-state index contributed by atoms with van der Waals surface area (Å²) < 4.78 is 27.5. The number of anilines is 2. The number of hydrogen-bond donors (Lipinski definition) is 2. The molecule has 0 saturated heterocycles. The summed E-state index contributed by atoms with van der Waals surface area (Å²) in [5.41, 5.74) is 2.61. The number of sulfonamides is 1. The molecular formula is C25H16Cl2N4O3S2. The molecule has 2 aromatic heterocycles. The molecule has 0 aliphatic heterocycles. The van der Waals surface area contributed by atoms with Crippen molar-refractivity contribution in [1.29, 1.82) is 0 Å². The van der Waals surface area contributed by atoms with E-state index in [2.05, 4.69) is 20.0 Å². The molecule has 0 unspecified atom stereocenters. The Labute approximate surface area is 220 Å². The first-order valence-electron chi connectivity index (χ1n) is 10.5. The molecule has 36 heavy (non-hydrogen) atoms. The molecule has 7 nitrogen and oxygen atoms in total. The van der Waals surface area contributed by atoms with Gasteiger partial charge in [0.05, 0.1) is 26.7 Å². The number of amides is 1. The fourth-order valence-corrected chi connectivity index (χ4v) is 5.86. The number of para-hydroxylation sites is 1. The quantitative estimate of drug-likeness (QED) is 0.242. The SMILES string of the molecule is O=C(Nc1ccc(S(=O)(=O)Nc2nccs2)cc1)c1cc(-c2ccc(Cl)cc2Cl)nc2ccccc12. The average Bonchev–Trinajstić information content (AvgIpc) is 3.36. The highest BCUT2D eigenvalue weighted by atomic mass is 35.5. The van der Waals surface area contributed by atoms with E-state index in [1.165, 1.54) is 41.8 Å². The Balaban J connectivity index is 1.45. The summed E-state index contributed by atoms with van der Waals surface area (Å²) in [7, 11) is -3.80. The molecule has 5 aromatic rings. The number of thiazole rings is 1. The van der Waals surface area contributed by atoms with Crippen LogP contribution in [0.25, 0.3) is 22.2 Å². The van der Waals surface area contributed by atoms with Gasteiger partial charge in [0.15, 0.2) is 5.13 Å². The van der Waals surface area contributed by atoms with Crippen LogP contribution in [0.2, 0.25) is 10.0 Å². The molecule has 0 fully saturated rings. The largest absolute Gasteiger partial charge is 0.322 e. The smallest absolute Gasteiger partial charge is 0.263 e. The van der Waals surface area contributed by atoms with Gasteiger partial charge in [0.25, 0.3) is 15.9 Å². The summed E-state index contributed by atoms with van der Waals surface area (Å²) in [5.74, 6) is -0.378. The van der Waals surface area contributed by atoms with Gasteiger partial charge < -0.3 is 5.32 Å². The number of halogens is 2. The van der Waals surface area contributed by atoms with Crippen LogP contribution in [0, 0.1) is 0 Å². The molecule has 0 aliphatic carbocycles. The number of rotatable bonds is 6. The van der Waals surface area contributed by atoms with Crippen LogP contribution in [0.3, 0.4) is 0 Å². The Hall–Kier alpha value is -3.50. The number of aromatic nitrogens is 2. The lowest BCUT2D eigenvalue weighted by Gasteiger charge is -2.12. The first kappa shape index (κ1) is 24.2. The number of carbonyl (C=O) groups is 1. The van der Waals surface area contributed by atoms with Gasteiger partial charge in [-0.15, -0.1) is 11.3 Å². The maximum atomic E-state index is 13.3. The third-order valence-electron chi connectivity index (χ3n) is 5.24. The Bertz CT molecular complexity index is 1690. The fraction of sp³-hybridized carbons (Fsp3) is 0. The summed E-state index contributed by atoms with van der Waals surface area (Å²) in [5, 5.41) is 6.35. The lowest BCUT2D eigenvalue weighted by atomic mass is 10.0. The van der Waals surface area contributed by atoms with Crippen LogP contribution in [0.1, 0.15) is 10.4 Å². The van der Waals surface area contributed by atoms with Crippen LogP contribution >= 0.6 is 34.5 Å². The van der Waals surface area contributed by atoms with E-state index >= 15 is 0 Å². The van der Waals surface area contributed by atoms with Gasteiger partial charge in [-0.1, -0.05) is 41.4 Å². The Morgan fingerprint density at radius 2 is 1.72 bits per heavy atom. The third kappa shape index (κ3) is 5.05. The predicted octanol–water partition coefficient (Wildman–Crippen LogP) is 6.72. The summed E-state index contributed by atoms with van der Waals surface area (Å²) in [6.45, 7) is 0. The summed E-state index contributed by atoms with van der Waals surface area (Å²) in [4.78, 5) is 22.0. The lowest BCUT2D eigenvalue weighted by Crippen LogP contribution is -2.14. The van der Waals surface area contributed by atoms with Crippen molar-refractivity contribution < 1.29 is 13.2 Å². The Morgan fingerprint density at radius 3 is 2.44 bits per heavy atom. The fourth-order valence-electron chi connectivity index (χ4n) is 3.56. The van der Waals surface area contributed by atoms with Crippen molar-refractivity contribution in [3.63, 3.8) is 0 Å². The highest BCUT2D eigenvalue weighted by Gasteiger charge is 2.18. The summed E-state index contributed by atoms with van der Waals surface area (Å²) >= 11 is 13.6. The number of nitrogens with one attached hydrogen (secondary N) is 2. The van der Waals surface area contributed by atoms with E-state index in [4.69, 9.17) is 23.2 Å². The maximum absolute atomic E-state index is 13.3. The first-order valence-corrected chi connectivity index (χ1v) is 13.6. The molecule has 11 heteroatoms. The van der Waals surface area contributed by atoms with E-state index in [1.807, 2.05) is 24.3 Å². The number of fused-ring (bicyclic) bond motifs is 1. The number of carbonyl (C=O) groups excluding carboxylic acids is 1. The predicted molar refractivity (Wildman–Crippen MR) is 145 cm³/mol. The molecule has 0 saturated carbocycles. The van der Waals surface area contributed by atoms with Crippen molar-refractivity contribution >= 4 is 72.2 Å². The van der Waals surface area contributed by atoms with E-state index in [1.54, 1.807) is 29.6 Å². The second-order valence-corrected chi connectivity index (χ2v) is 11.0. The van der Waals surface area contributed by atoms with Crippen molar-refractivity contribution in [2.45, 2.75) is 4.90 Å². The van der Waals surface area contributed by atoms with Crippen molar-refractivity contribution in [2.24, 2.45) is 0 Å². The van der Waals surface area contributed by atoms with Crippen LogP contribution in [-0.2, 0) is 10.0 Å². The number of nitrogens with zero attached hydrogens (tertiary/aromatic N) is 2. The normalized spacial score (nSPS) is 11.4. The second kappa shape index (κ2) is 9.87. The molecule has 0 spiro atoms. The molecule has 3 aromatic carbocycles. The Kier molecular flexibility index (Phi) is 6.63. The monoisotopic (exact) mass is 554 g/mol. The zero-order chi connectivity index (χ0) is 25.3. The minimum Gasteiger partial charge on any atom is -0.322 e. The Morgan fingerprint density at radius 1 is 0.944 bits per heavy atom. The van der Waals surface area contributed by atoms with Gasteiger partial charge in [-0.05, 0) is 54.6 Å². The minimum absolute atomic E-state index is 0.0460. The molecule has 180 valence electrons. The zero-order valence-electron chi connectivity index (χ0n) is 18.3. The number of hydrogen-bond acceptors (Lipinski definition) is 6. The molecule has 2 heterocycles. The molecule has 0 radical (unpaired) electrons. The second-order valence-electron chi connectivity index (χ2n) is 7.62. The molecule has 5 rings (SSSR count). The van der Waals surface area contributed by atoms with Crippen LogP contribution in [0.5, 0.6) is 0 Å². The van der Waals surface area contributed by atoms with Gasteiger partial charge in [0.1, 0.15) is 0 Å². The highest BCUT2D eigenvalue weighted by molar-refractivity contribution is 7.93. The van der Waals surface area contributed by atoms with Crippen molar-refractivity contribution in [1.82, 2.24) is 9.97 Å². The van der Waals surface area contributed by atoms with Crippen molar-refractivity contribution in [3.05, 3.63) is 100.0 Å². The summed E-state index contributed by atoms with van der Waals surface area (Å²) in [6, 6.07) is 19.9. The van der Waals surface area contributed by atoms with Gasteiger partial charge in [0, 0.05) is 33.2 Å². The van der Waals surface area contributed by atoms with Gasteiger partial charge in [-0.2, -0.15) is 0 Å². The van der Waals surface area contributed by atoms with Crippen LogP contribution in [0.15, 0.2) is 89.3 Å². The van der Waals surface area contributed by atoms with Gasteiger partial charge in [0.2, 0.25) is 0 Å². The van der Waals surface area contributed by atoms with Gasteiger partial charge >= 0.3 is 0 Å². The minimum atomic E-state index is -3.80. The van der Waals surface area contributed by atoms with Crippen LogP contribution < -0.4 is 10.0 Å². The van der Waals surface area contributed by atoms with E-state index in [0.717, 1.165) is 0 Å². The molecular weight excluding hydrogens is 539 g/mol. The third-order valence-corrected chi connectivity index (χ3v) is 7.96. The lowest BCUT2D eigenvalue weighted by molar-refractivity contribution is 0.102. The maximum Gasteiger partial charge on any atom is 0.263 e. The van der Waals surface area contributed by atoms with Crippen LogP contribution in [-0.4, -0.2) is 24.3 Å². The molecule has 2 N–H and O–H groups in total. The van der Waals surface area contributed by atoms with Crippen molar-refractivity contribution in [2.75, 3.05) is 10.0 Å². The topological polar surface area (TPSA) is 101 Å².